The monoisotopic (exact) mass is 198 g/mol. The minimum absolute atomic E-state index is 0.0555. The fourth-order valence-corrected chi connectivity index (χ4v) is 0.878. The van der Waals surface area contributed by atoms with E-state index in [9.17, 15) is 4.79 Å². The second-order valence-corrected chi connectivity index (χ2v) is 4.20. The van der Waals surface area contributed by atoms with E-state index in [0.29, 0.717) is 12.5 Å². The van der Waals surface area contributed by atoms with Crippen LogP contribution >= 0.6 is 0 Å². The van der Waals surface area contributed by atoms with Gasteiger partial charge in [-0.15, -0.1) is 0 Å². The van der Waals surface area contributed by atoms with Gasteiger partial charge in [0.15, 0.2) is 0 Å². The molecule has 0 rings (SSSR count). The zero-order chi connectivity index (χ0) is 11.1. The molecule has 0 radical (unpaired) electrons. The lowest BCUT2D eigenvalue weighted by molar-refractivity contribution is -0.122. The zero-order valence-corrected chi connectivity index (χ0v) is 9.68. The van der Waals surface area contributed by atoms with Crippen molar-refractivity contribution < 1.29 is 4.79 Å². The minimum Gasteiger partial charge on any atom is -0.354 e. The standard InChI is InChI=1S/C11H22N2O/c1-8(2)6-12-10(5)11(14)13-7-9(3)4/h9-10,12H,1,6-7H2,2-5H3,(H,13,14). The first-order valence-corrected chi connectivity index (χ1v) is 5.09. The van der Waals surface area contributed by atoms with Crippen molar-refractivity contribution in [2.24, 2.45) is 5.92 Å². The average molecular weight is 198 g/mol. The van der Waals surface area contributed by atoms with Gasteiger partial charge in [0.2, 0.25) is 5.91 Å². The second-order valence-electron chi connectivity index (χ2n) is 4.20. The first-order chi connectivity index (χ1) is 6.43. The largest absolute Gasteiger partial charge is 0.354 e. The Kier molecular flexibility index (Phi) is 6.21. The van der Waals surface area contributed by atoms with Crippen LogP contribution in [0.4, 0.5) is 0 Å². The molecule has 2 N–H and O–H groups in total. The highest BCUT2D eigenvalue weighted by molar-refractivity contribution is 5.81. The van der Waals surface area contributed by atoms with Gasteiger partial charge in [-0.2, -0.15) is 0 Å². The van der Waals surface area contributed by atoms with E-state index in [-0.39, 0.29) is 11.9 Å². The van der Waals surface area contributed by atoms with Crippen molar-refractivity contribution in [1.82, 2.24) is 10.6 Å². The molecule has 0 saturated heterocycles. The highest BCUT2D eigenvalue weighted by atomic mass is 16.2. The summed E-state index contributed by atoms with van der Waals surface area (Å²) in [6, 6.07) is -0.148. The molecule has 14 heavy (non-hydrogen) atoms. The van der Waals surface area contributed by atoms with Gasteiger partial charge in [0.25, 0.3) is 0 Å². The summed E-state index contributed by atoms with van der Waals surface area (Å²) in [4.78, 5) is 11.5. The molecule has 0 bridgehead atoms. The van der Waals surface area contributed by atoms with Crippen molar-refractivity contribution in [2.75, 3.05) is 13.1 Å². The lowest BCUT2D eigenvalue weighted by Crippen LogP contribution is -2.43. The van der Waals surface area contributed by atoms with Crippen LogP contribution in [0.15, 0.2) is 12.2 Å². The van der Waals surface area contributed by atoms with Gasteiger partial charge >= 0.3 is 0 Å². The molecule has 0 aromatic carbocycles. The third-order valence-electron chi connectivity index (χ3n) is 1.79. The predicted molar refractivity (Wildman–Crippen MR) is 60.1 cm³/mol. The first-order valence-electron chi connectivity index (χ1n) is 5.09. The summed E-state index contributed by atoms with van der Waals surface area (Å²) < 4.78 is 0. The fourth-order valence-electron chi connectivity index (χ4n) is 0.878. The Morgan fingerprint density at radius 2 is 1.93 bits per heavy atom. The van der Waals surface area contributed by atoms with Crippen molar-refractivity contribution >= 4 is 5.91 Å². The van der Waals surface area contributed by atoms with Gasteiger partial charge in [0, 0.05) is 13.1 Å². The summed E-state index contributed by atoms with van der Waals surface area (Å²) in [6.07, 6.45) is 0. The van der Waals surface area contributed by atoms with Crippen molar-refractivity contribution in [1.29, 1.82) is 0 Å². The summed E-state index contributed by atoms with van der Waals surface area (Å²) in [5.74, 6) is 0.548. The third kappa shape index (κ3) is 6.66. The third-order valence-corrected chi connectivity index (χ3v) is 1.79. The van der Waals surface area contributed by atoms with Crippen molar-refractivity contribution in [3.8, 4) is 0 Å². The van der Waals surface area contributed by atoms with Gasteiger partial charge in [-0.05, 0) is 19.8 Å². The van der Waals surface area contributed by atoms with Gasteiger partial charge in [0.1, 0.15) is 0 Å². The number of hydrogen-bond acceptors (Lipinski definition) is 2. The maximum Gasteiger partial charge on any atom is 0.236 e. The molecular formula is C11H22N2O. The molecule has 0 heterocycles. The van der Waals surface area contributed by atoms with E-state index in [1.807, 2.05) is 13.8 Å². The zero-order valence-electron chi connectivity index (χ0n) is 9.68. The number of carbonyl (C=O) groups excluding carboxylic acids is 1. The molecule has 0 fully saturated rings. The van der Waals surface area contributed by atoms with Crippen molar-refractivity contribution in [3.05, 3.63) is 12.2 Å². The highest BCUT2D eigenvalue weighted by Crippen LogP contribution is 1.90. The molecule has 1 amide bonds. The lowest BCUT2D eigenvalue weighted by Gasteiger charge is -2.14. The molecule has 0 saturated carbocycles. The van der Waals surface area contributed by atoms with Crippen LogP contribution in [0.25, 0.3) is 0 Å². The molecule has 0 aliphatic rings. The second kappa shape index (κ2) is 6.60. The van der Waals surface area contributed by atoms with Crippen molar-refractivity contribution in [3.63, 3.8) is 0 Å². The average Bonchev–Trinajstić information content (AvgIpc) is 2.09. The van der Waals surface area contributed by atoms with E-state index >= 15 is 0 Å². The van der Waals surface area contributed by atoms with Crippen LogP contribution in [0, 0.1) is 5.92 Å². The predicted octanol–water partition coefficient (Wildman–Crippen LogP) is 1.31. The summed E-state index contributed by atoms with van der Waals surface area (Å²) in [7, 11) is 0. The molecule has 3 heteroatoms. The van der Waals surface area contributed by atoms with Crippen LogP contribution in [0.2, 0.25) is 0 Å². The van der Waals surface area contributed by atoms with E-state index in [0.717, 1.165) is 12.1 Å². The Hall–Kier alpha value is -0.830. The summed E-state index contributed by atoms with van der Waals surface area (Å²) in [6.45, 7) is 13.1. The van der Waals surface area contributed by atoms with Crippen LogP contribution in [0.5, 0.6) is 0 Å². The molecule has 0 aromatic heterocycles. The number of rotatable bonds is 6. The van der Waals surface area contributed by atoms with Crippen LogP contribution in [0.3, 0.4) is 0 Å². The SMILES string of the molecule is C=C(C)CNC(C)C(=O)NCC(C)C. The Morgan fingerprint density at radius 1 is 1.36 bits per heavy atom. The Bertz CT molecular complexity index is 199. The maximum atomic E-state index is 11.5. The smallest absolute Gasteiger partial charge is 0.236 e. The van der Waals surface area contributed by atoms with E-state index in [1.165, 1.54) is 0 Å². The summed E-state index contributed by atoms with van der Waals surface area (Å²) >= 11 is 0. The number of hydrogen-bond donors (Lipinski definition) is 2. The lowest BCUT2D eigenvalue weighted by atomic mass is 10.2. The van der Waals surface area contributed by atoms with Gasteiger partial charge in [-0.1, -0.05) is 26.0 Å². The fraction of sp³-hybridized carbons (Fsp3) is 0.727. The molecule has 0 aliphatic carbocycles. The number of carbonyl (C=O) groups is 1. The molecular weight excluding hydrogens is 176 g/mol. The Morgan fingerprint density at radius 3 is 2.36 bits per heavy atom. The van der Waals surface area contributed by atoms with Crippen LogP contribution in [0.1, 0.15) is 27.7 Å². The van der Waals surface area contributed by atoms with Gasteiger partial charge in [0.05, 0.1) is 6.04 Å². The van der Waals surface area contributed by atoms with Crippen LogP contribution < -0.4 is 10.6 Å². The molecule has 0 spiro atoms. The highest BCUT2D eigenvalue weighted by Gasteiger charge is 2.11. The number of nitrogens with one attached hydrogen (secondary N) is 2. The van der Waals surface area contributed by atoms with Gasteiger partial charge in [-0.3, -0.25) is 4.79 Å². The summed E-state index contributed by atoms with van der Waals surface area (Å²) in [5, 5.41) is 5.97. The van der Waals surface area contributed by atoms with Gasteiger partial charge < -0.3 is 10.6 Å². The van der Waals surface area contributed by atoms with Crippen LogP contribution in [-0.4, -0.2) is 25.0 Å². The Balaban J connectivity index is 3.70. The van der Waals surface area contributed by atoms with E-state index in [2.05, 4.69) is 31.1 Å². The quantitative estimate of drug-likeness (QED) is 0.632. The molecule has 0 aliphatic heterocycles. The number of amides is 1. The van der Waals surface area contributed by atoms with Gasteiger partial charge in [-0.25, -0.2) is 0 Å². The molecule has 82 valence electrons. The van der Waals surface area contributed by atoms with E-state index in [1.54, 1.807) is 0 Å². The van der Waals surface area contributed by atoms with E-state index < -0.39 is 0 Å². The normalized spacial score (nSPS) is 12.6. The molecule has 1 atom stereocenters. The molecule has 1 unspecified atom stereocenters. The summed E-state index contributed by atoms with van der Waals surface area (Å²) in [5.41, 5.74) is 1.04. The topological polar surface area (TPSA) is 41.1 Å². The van der Waals surface area contributed by atoms with Crippen LogP contribution in [-0.2, 0) is 4.79 Å². The maximum absolute atomic E-state index is 11.5. The Labute approximate surface area is 87.0 Å². The van der Waals surface area contributed by atoms with Crippen molar-refractivity contribution in [2.45, 2.75) is 33.7 Å². The minimum atomic E-state index is -0.148. The first kappa shape index (κ1) is 13.2. The molecule has 0 aromatic rings. The van der Waals surface area contributed by atoms with E-state index in [4.69, 9.17) is 0 Å². The molecule has 3 nitrogen and oxygen atoms in total.